The number of nitrogens with one attached hydrogen (secondary N) is 4. The lowest BCUT2D eigenvalue weighted by Crippen LogP contribution is -2.49. The van der Waals surface area contributed by atoms with Crippen LogP contribution in [0.5, 0.6) is 5.75 Å². The normalized spacial score (nSPS) is 18.2. The van der Waals surface area contributed by atoms with Gasteiger partial charge in [0.15, 0.2) is 5.78 Å². The molecule has 3 aliphatic rings. The fraction of sp³-hybridized carbons (Fsp3) is 0.375. The Hall–Kier alpha value is -5.21. The van der Waals surface area contributed by atoms with E-state index < -0.39 is 0 Å². The molecule has 1 unspecified atom stereocenters. The maximum Gasteiger partial charge on any atom is 0.249 e. The van der Waals surface area contributed by atoms with Crippen molar-refractivity contribution in [1.29, 1.82) is 0 Å². The second kappa shape index (κ2) is 16.9. The molecule has 4 heterocycles. The number of para-hydroxylation sites is 1. The van der Waals surface area contributed by atoms with Gasteiger partial charge in [0.25, 0.3) is 0 Å². The Morgan fingerprint density at radius 2 is 1.61 bits per heavy atom. The quantitative estimate of drug-likeness (QED) is 0.0959. The number of anilines is 7. The smallest absolute Gasteiger partial charge is 0.249 e. The topological polar surface area (TPSA) is 144 Å². The highest BCUT2D eigenvalue weighted by molar-refractivity contribution is 9.10. The lowest BCUT2D eigenvalue weighted by Gasteiger charge is -2.40. The van der Waals surface area contributed by atoms with E-state index in [0.29, 0.717) is 52.0 Å². The van der Waals surface area contributed by atoms with E-state index in [9.17, 15) is 14.4 Å². The number of imide groups is 1. The number of nitrogens with zero attached hydrogens (tertiary/aromatic N) is 5. The first-order valence-electron chi connectivity index (χ1n) is 18.5. The van der Waals surface area contributed by atoms with Gasteiger partial charge in [0.05, 0.1) is 23.0 Å². The second-order valence-electron chi connectivity index (χ2n) is 14.0. The number of piperidine rings is 2. The maximum absolute atomic E-state index is 12.1. The van der Waals surface area contributed by atoms with E-state index in [1.807, 2.05) is 36.4 Å². The van der Waals surface area contributed by atoms with E-state index >= 15 is 0 Å². The van der Waals surface area contributed by atoms with Gasteiger partial charge in [-0.1, -0.05) is 12.1 Å². The van der Waals surface area contributed by atoms with Crippen molar-refractivity contribution in [1.82, 2.24) is 20.2 Å². The molecule has 3 saturated heterocycles. The van der Waals surface area contributed by atoms with E-state index in [0.717, 1.165) is 75.7 Å². The minimum Gasteiger partial charge on any atom is -0.494 e. The van der Waals surface area contributed by atoms with Crippen molar-refractivity contribution in [2.24, 2.45) is 5.92 Å². The number of ether oxygens (including phenoxy) is 1. The van der Waals surface area contributed by atoms with Crippen molar-refractivity contribution in [3.05, 3.63) is 83.0 Å². The molecule has 13 nitrogen and oxygen atoms in total. The van der Waals surface area contributed by atoms with Gasteiger partial charge in [0.2, 0.25) is 17.8 Å². The molecule has 7 rings (SSSR count). The van der Waals surface area contributed by atoms with Crippen LogP contribution in [0, 0.1) is 5.92 Å². The number of halogens is 1. The zero-order valence-corrected chi connectivity index (χ0v) is 32.2. The average molecular weight is 797 g/mol. The summed E-state index contributed by atoms with van der Waals surface area (Å²) in [5, 5.41) is 12.2. The van der Waals surface area contributed by atoms with Crippen LogP contribution in [-0.2, 0) is 9.59 Å². The highest BCUT2D eigenvalue weighted by atomic mass is 79.9. The molecule has 1 atom stereocenters. The van der Waals surface area contributed by atoms with Crippen LogP contribution >= 0.6 is 15.9 Å². The van der Waals surface area contributed by atoms with Crippen molar-refractivity contribution in [2.75, 3.05) is 78.7 Å². The first-order chi connectivity index (χ1) is 26.2. The molecule has 14 heteroatoms. The molecule has 0 saturated carbocycles. The van der Waals surface area contributed by atoms with Crippen LogP contribution in [0.25, 0.3) is 0 Å². The molecule has 1 aromatic heterocycles. The van der Waals surface area contributed by atoms with Crippen molar-refractivity contribution >= 4 is 73.7 Å². The number of carbonyl (C=O) groups is 3. The number of Topliss-reactive ketones (excluding diaryl/α,β-unsaturated/α-hetero) is 1. The Labute approximate surface area is 324 Å². The summed E-state index contributed by atoms with van der Waals surface area (Å²) in [4.78, 5) is 52.3. The number of amides is 2. The minimum atomic E-state index is -0.375. The van der Waals surface area contributed by atoms with E-state index in [2.05, 4.69) is 86.1 Å². The molecular formula is C40H46BrN9O4. The van der Waals surface area contributed by atoms with Crippen LogP contribution in [0.3, 0.4) is 0 Å². The third-order valence-electron chi connectivity index (χ3n) is 10.4. The number of piperazine rings is 1. The molecule has 0 spiro atoms. The number of hydrogen-bond acceptors (Lipinski definition) is 12. The van der Waals surface area contributed by atoms with E-state index in [-0.39, 0.29) is 23.6 Å². The van der Waals surface area contributed by atoms with Gasteiger partial charge in [-0.3, -0.25) is 24.6 Å². The molecule has 2 amide bonds. The summed E-state index contributed by atoms with van der Waals surface area (Å²) in [7, 11) is 1.66. The molecule has 54 heavy (non-hydrogen) atoms. The van der Waals surface area contributed by atoms with E-state index in [4.69, 9.17) is 4.74 Å². The molecule has 0 radical (unpaired) electrons. The first-order valence-corrected chi connectivity index (χ1v) is 19.3. The molecule has 3 aliphatic heterocycles. The summed E-state index contributed by atoms with van der Waals surface area (Å²) in [6, 6.07) is 21.4. The van der Waals surface area contributed by atoms with Gasteiger partial charge < -0.3 is 30.5 Å². The molecule has 3 fully saturated rings. The van der Waals surface area contributed by atoms with E-state index in [1.165, 1.54) is 5.69 Å². The van der Waals surface area contributed by atoms with Crippen LogP contribution in [0.1, 0.15) is 43.0 Å². The third kappa shape index (κ3) is 8.93. The van der Waals surface area contributed by atoms with Crippen LogP contribution in [0.4, 0.5) is 40.2 Å². The van der Waals surface area contributed by atoms with Gasteiger partial charge in [0, 0.05) is 87.1 Å². The summed E-state index contributed by atoms with van der Waals surface area (Å²) >= 11 is 3.52. The number of carbonyl (C=O) groups excluding carboxylic acids is 3. The number of benzene rings is 3. The van der Waals surface area contributed by atoms with Crippen LogP contribution in [-0.4, -0.2) is 91.4 Å². The summed E-state index contributed by atoms with van der Waals surface area (Å²) in [6.45, 7) is 8.64. The third-order valence-corrected chi connectivity index (χ3v) is 11.0. The first kappa shape index (κ1) is 37.1. The maximum atomic E-state index is 12.1. The second-order valence-corrected chi connectivity index (χ2v) is 14.9. The van der Waals surface area contributed by atoms with Gasteiger partial charge in [-0.05, 0) is 96.6 Å². The largest absolute Gasteiger partial charge is 0.494 e. The molecule has 0 aliphatic carbocycles. The fourth-order valence-electron chi connectivity index (χ4n) is 7.37. The Morgan fingerprint density at radius 1 is 0.889 bits per heavy atom. The van der Waals surface area contributed by atoms with Crippen molar-refractivity contribution in [2.45, 2.75) is 38.6 Å². The number of ketones is 1. The van der Waals surface area contributed by atoms with Gasteiger partial charge in [0.1, 0.15) is 17.6 Å². The standard InChI is InChI=1S/C40H46BrN9O4/c1-26(51)31-5-3-4-6-33(31)44-38-32(41)24-42-40(47-38)45-34-12-11-30(23-36(34)54-2)50-21-19-48(20-22-50)25-27-15-17-49(18-16-27)29-9-7-28(8-10-29)43-35-13-14-37(52)46-39(35)53/h3-12,23-24,27,35,43H,13-22,25H2,1-2H3,(H,46,52,53)(H2,42,44,45,47). The molecule has 3 aromatic carbocycles. The predicted octanol–water partition coefficient (Wildman–Crippen LogP) is 6.19. The number of rotatable bonds is 12. The lowest BCUT2D eigenvalue weighted by atomic mass is 9.95. The number of hydrogen-bond donors (Lipinski definition) is 4. The van der Waals surface area contributed by atoms with Crippen molar-refractivity contribution in [3.63, 3.8) is 0 Å². The van der Waals surface area contributed by atoms with Crippen LogP contribution in [0.15, 0.2) is 77.4 Å². The predicted molar refractivity (Wildman–Crippen MR) is 216 cm³/mol. The Balaban J connectivity index is 0.880. The van der Waals surface area contributed by atoms with Gasteiger partial charge in [-0.25, -0.2) is 4.98 Å². The van der Waals surface area contributed by atoms with Crippen molar-refractivity contribution in [3.8, 4) is 5.75 Å². The summed E-state index contributed by atoms with van der Waals surface area (Å²) in [5.74, 6) is 1.81. The van der Waals surface area contributed by atoms with Crippen molar-refractivity contribution < 1.29 is 19.1 Å². The van der Waals surface area contributed by atoms with E-state index in [1.54, 1.807) is 26.3 Å². The van der Waals surface area contributed by atoms with Gasteiger partial charge >= 0.3 is 0 Å². The summed E-state index contributed by atoms with van der Waals surface area (Å²) in [6.07, 6.45) is 4.87. The van der Waals surface area contributed by atoms with Crippen LogP contribution in [0.2, 0.25) is 0 Å². The van der Waals surface area contributed by atoms with Gasteiger partial charge in [-0.2, -0.15) is 4.98 Å². The zero-order chi connectivity index (χ0) is 37.6. The summed E-state index contributed by atoms with van der Waals surface area (Å²) < 4.78 is 6.47. The number of methoxy groups -OCH3 is 1. The SMILES string of the molecule is COc1cc(N2CCN(CC3CCN(c4ccc(NC5CCC(=O)NC5=O)cc4)CC3)CC2)ccc1Nc1ncc(Br)c(Nc2ccccc2C(C)=O)n1. The zero-order valence-electron chi connectivity index (χ0n) is 30.6. The average Bonchev–Trinajstić information content (AvgIpc) is 3.18. The lowest BCUT2D eigenvalue weighted by molar-refractivity contribution is -0.133. The number of aromatic nitrogens is 2. The Bertz CT molecular complexity index is 1980. The Morgan fingerprint density at radius 3 is 2.33 bits per heavy atom. The monoisotopic (exact) mass is 795 g/mol. The molecule has 282 valence electrons. The highest BCUT2D eigenvalue weighted by Gasteiger charge is 2.27. The molecule has 4 N–H and O–H groups in total. The fourth-order valence-corrected chi connectivity index (χ4v) is 7.66. The minimum absolute atomic E-state index is 0.0334. The van der Waals surface area contributed by atoms with Gasteiger partial charge in [-0.15, -0.1) is 0 Å². The summed E-state index contributed by atoms with van der Waals surface area (Å²) in [5.41, 5.74) is 5.21. The molecule has 4 aromatic rings. The highest BCUT2D eigenvalue weighted by Crippen LogP contribution is 2.34. The molecule has 0 bridgehead atoms. The van der Waals surface area contributed by atoms with Crippen LogP contribution < -0.4 is 35.8 Å². The Kier molecular flexibility index (Phi) is 11.6. The molecular weight excluding hydrogens is 750 g/mol.